The second-order valence-electron chi connectivity index (χ2n) is 3.86. The molecule has 1 aromatic carbocycles. The van der Waals surface area contributed by atoms with E-state index < -0.39 is 11.9 Å². The molecule has 0 radical (unpaired) electrons. The molecule has 90 valence electrons. The Kier molecular flexibility index (Phi) is 3.17. The van der Waals surface area contributed by atoms with Crippen LogP contribution in [-0.4, -0.2) is 14.9 Å². The van der Waals surface area contributed by atoms with E-state index >= 15 is 0 Å². The fourth-order valence-electron chi connectivity index (χ4n) is 1.66. The largest absolute Gasteiger partial charge is 0.389 e. The molecule has 5 heteroatoms. The summed E-state index contributed by atoms with van der Waals surface area (Å²) < 4.78 is 15.2. The maximum Gasteiger partial charge on any atom is 0.149 e. The molecule has 2 rings (SSSR count). The van der Waals surface area contributed by atoms with Crippen LogP contribution in [0.4, 0.5) is 4.39 Å². The first-order valence-electron chi connectivity index (χ1n) is 5.19. The van der Waals surface area contributed by atoms with E-state index in [0.717, 1.165) is 0 Å². The Morgan fingerprint density at radius 2 is 2.18 bits per heavy atom. The van der Waals surface area contributed by atoms with Crippen molar-refractivity contribution in [3.05, 3.63) is 46.5 Å². The minimum atomic E-state index is -0.774. The summed E-state index contributed by atoms with van der Waals surface area (Å²) in [4.78, 5) is 0. The van der Waals surface area contributed by atoms with Crippen molar-refractivity contribution in [2.24, 2.45) is 0 Å². The van der Waals surface area contributed by atoms with Crippen LogP contribution in [0.15, 0.2) is 24.4 Å². The van der Waals surface area contributed by atoms with E-state index in [1.54, 1.807) is 26.0 Å². The smallest absolute Gasteiger partial charge is 0.149 e. The molecule has 0 fully saturated rings. The Morgan fingerprint density at radius 1 is 1.47 bits per heavy atom. The number of aliphatic hydroxyl groups excluding tert-OH is 1. The lowest BCUT2D eigenvalue weighted by Crippen LogP contribution is -2.06. The molecular weight excluding hydrogens is 243 g/mol. The lowest BCUT2D eigenvalue weighted by Gasteiger charge is -2.12. The molecule has 2 aromatic rings. The van der Waals surface area contributed by atoms with Gasteiger partial charge in [0.05, 0.1) is 16.8 Å². The fourth-order valence-corrected chi connectivity index (χ4v) is 1.79. The third-order valence-electron chi connectivity index (χ3n) is 2.54. The van der Waals surface area contributed by atoms with Gasteiger partial charge in [0, 0.05) is 11.8 Å². The zero-order chi connectivity index (χ0) is 12.6. The maximum absolute atomic E-state index is 13.8. The topological polar surface area (TPSA) is 38.0 Å². The van der Waals surface area contributed by atoms with Gasteiger partial charge in [-0.25, -0.2) is 9.07 Å². The third kappa shape index (κ3) is 2.18. The second-order valence-corrected chi connectivity index (χ2v) is 4.27. The van der Waals surface area contributed by atoms with Gasteiger partial charge in [0.15, 0.2) is 0 Å². The van der Waals surface area contributed by atoms with Crippen LogP contribution in [0, 0.1) is 12.7 Å². The van der Waals surface area contributed by atoms with Crippen molar-refractivity contribution in [3.8, 4) is 5.69 Å². The Bertz CT molecular complexity index is 532. The highest BCUT2D eigenvalue weighted by Crippen LogP contribution is 2.25. The Labute approximate surface area is 103 Å². The molecule has 17 heavy (non-hydrogen) atoms. The monoisotopic (exact) mass is 254 g/mol. The van der Waals surface area contributed by atoms with Gasteiger partial charge in [0.2, 0.25) is 0 Å². The zero-order valence-corrected chi connectivity index (χ0v) is 10.2. The highest BCUT2D eigenvalue weighted by Gasteiger charge is 2.16. The van der Waals surface area contributed by atoms with Gasteiger partial charge in [0.25, 0.3) is 0 Å². The first-order valence-corrected chi connectivity index (χ1v) is 5.57. The fraction of sp³-hybridized carbons (Fsp3) is 0.250. The molecule has 0 bridgehead atoms. The normalized spacial score (nSPS) is 12.8. The van der Waals surface area contributed by atoms with Crippen LogP contribution in [-0.2, 0) is 0 Å². The van der Waals surface area contributed by atoms with Crippen LogP contribution < -0.4 is 0 Å². The van der Waals surface area contributed by atoms with E-state index in [0.29, 0.717) is 16.3 Å². The van der Waals surface area contributed by atoms with Gasteiger partial charge in [-0.2, -0.15) is 5.10 Å². The van der Waals surface area contributed by atoms with E-state index in [-0.39, 0.29) is 5.69 Å². The molecule has 1 aromatic heterocycles. The molecule has 0 saturated carbocycles. The SMILES string of the molecule is Cc1nn(-c2c(F)cccc2[C@H](C)O)cc1Cl. The molecule has 0 amide bonds. The first kappa shape index (κ1) is 12.1. The van der Waals surface area contributed by atoms with Crippen molar-refractivity contribution < 1.29 is 9.50 Å². The quantitative estimate of drug-likeness (QED) is 0.895. The van der Waals surface area contributed by atoms with E-state index in [4.69, 9.17) is 11.6 Å². The molecule has 0 aliphatic rings. The van der Waals surface area contributed by atoms with Gasteiger partial charge < -0.3 is 5.11 Å². The summed E-state index contributed by atoms with van der Waals surface area (Å²) in [5.74, 6) is -0.442. The number of aryl methyl sites for hydroxylation is 1. The molecule has 0 saturated heterocycles. The van der Waals surface area contributed by atoms with Crippen LogP contribution in [0.25, 0.3) is 5.69 Å². The molecule has 0 spiro atoms. The molecule has 0 unspecified atom stereocenters. The minimum Gasteiger partial charge on any atom is -0.389 e. The summed E-state index contributed by atoms with van der Waals surface area (Å²) in [6.45, 7) is 3.32. The number of para-hydroxylation sites is 1. The van der Waals surface area contributed by atoms with Gasteiger partial charge in [-0.1, -0.05) is 23.7 Å². The maximum atomic E-state index is 13.8. The molecular formula is C12H12ClFN2O. The third-order valence-corrected chi connectivity index (χ3v) is 2.91. The molecule has 1 atom stereocenters. The number of benzene rings is 1. The van der Waals surface area contributed by atoms with E-state index in [2.05, 4.69) is 5.10 Å². The van der Waals surface area contributed by atoms with Crippen LogP contribution in [0.1, 0.15) is 24.3 Å². The molecule has 1 heterocycles. The van der Waals surface area contributed by atoms with E-state index in [1.165, 1.54) is 16.9 Å². The van der Waals surface area contributed by atoms with Crippen molar-refractivity contribution in [3.63, 3.8) is 0 Å². The standard InChI is InChI=1S/C12H12ClFN2O/c1-7-10(13)6-16(15-7)12-9(8(2)17)4-3-5-11(12)14/h3-6,8,17H,1-2H3/t8-/m0/s1. The van der Waals surface area contributed by atoms with Gasteiger partial charge in [-0.3, -0.25) is 0 Å². The van der Waals surface area contributed by atoms with Gasteiger partial charge in [0.1, 0.15) is 11.5 Å². The lowest BCUT2D eigenvalue weighted by molar-refractivity contribution is 0.198. The number of aliphatic hydroxyl groups is 1. The first-order chi connectivity index (χ1) is 8.00. The van der Waals surface area contributed by atoms with E-state index in [9.17, 15) is 9.50 Å². The summed E-state index contributed by atoms with van der Waals surface area (Å²) >= 11 is 5.90. The molecule has 1 N–H and O–H groups in total. The molecule has 3 nitrogen and oxygen atoms in total. The summed E-state index contributed by atoms with van der Waals surface area (Å²) in [6, 6.07) is 4.54. The predicted octanol–water partition coefficient (Wildman–Crippen LogP) is 3.03. The average molecular weight is 255 g/mol. The van der Waals surface area contributed by atoms with Crippen molar-refractivity contribution in [1.29, 1.82) is 0 Å². The minimum absolute atomic E-state index is 0.234. The summed E-state index contributed by atoms with van der Waals surface area (Å²) in [5, 5.41) is 14.2. The Balaban J connectivity index is 2.65. The average Bonchev–Trinajstić information content (AvgIpc) is 2.58. The summed E-state index contributed by atoms with van der Waals surface area (Å²) in [5.41, 5.74) is 1.33. The van der Waals surface area contributed by atoms with Crippen LogP contribution in [0.5, 0.6) is 0 Å². The van der Waals surface area contributed by atoms with Crippen LogP contribution in [0.3, 0.4) is 0 Å². The summed E-state index contributed by atoms with van der Waals surface area (Å²) in [6.07, 6.45) is 0.755. The highest BCUT2D eigenvalue weighted by atomic mass is 35.5. The van der Waals surface area contributed by atoms with Crippen molar-refractivity contribution in [1.82, 2.24) is 9.78 Å². The Hall–Kier alpha value is -1.39. The lowest BCUT2D eigenvalue weighted by atomic mass is 10.1. The number of aromatic nitrogens is 2. The predicted molar refractivity (Wildman–Crippen MR) is 63.9 cm³/mol. The van der Waals surface area contributed by atoms with Gasteiger partial charge in [-0.15, -0.1) is 0 Å². The van der Waals surface area contributed by atoms with Crippen molar-refractivity contribution >= 4 is 11.6 Å². The second kappa shape index (κ2) is 4.47. The van der Waals surface area contributed by atoms with Crippen molar-refractivity contribution in [2.75, 3.05) is 0 Å². The molecule has 0 aliphatic heterocycles. The summed E-state index contributed by atoms with van der Waals surface area (Å²) in [7, 11) is 0. The highest BCUT2D eigenvalue weighted by molar-refractivity contribution is 6.31. The number of rotatable bonds is 2. The van der Waals surface area contributed by atoms with Crippen molar-refractivity contribution in [2.45, 2.75) is 20.0 Å². The Morgan fingerprint density at radius 3 is 2.71 bits per heavy atom. The number of nitrogens with zero attached hydrogens (tertiary/aromatic N) is 2. The van der Waals surface area contributed by atoms with Crippen LogP contribution >= 0.6 is 11.6 Å². The van der Waals surface area contributed by atoms with E-state index in [1.807, 2.05) is 0 Å². The number of hydrogen-bond donors (Lipinski definition) is 1. The number of halogens is 2. The van der Waals surface area contributed by atoms with Gasteiger partial charge in [-0.05, 0) is 19.9 Å². The van der Waals surface area contributed by atoms with Gasteiger partial charge >= 0.3 is 0 Å². The number of hydrogen-bond acceptors (Lipinski definition) is 2. The zero-order valence-electron chi connectivity index (χ0n) is 9.48. The molecule has 0 aliphatic carbocycles. The van der Waals surface area contributed by atoms with Crippen LogP contribution in [0.2, 0.25) is 5.02 Å².